The van der Waals surface area contributed by atoms with Crippen LogP contribution in [0.4, 0.5) is 0 Å². The van der Waals surface area contributed by atoms with Crippen LogP contribution in [0.15, 0.2) is 71.7 Å². The van der Waals surface area contributed by atoms with Crippen LogP contribution in [-0.2, 0) is 4.74 Å². The van der Waals surface area contributed by atoms with E-state index in [1.165, 1.54) is 11.1 Å². The van der Waals surface area contributed by atoms with Crippen molar-refractivity contribution in [1.29, 1.82) is 0 Å². The minimum atomic E-state index is -0.0112. The minimum Gasteiger partial charge on any atom is -0.481 e. The highest BCUT2D eigenvalue weighted by Gasteiger charge is 2.23. The molecule has 0 fully saturated rings. The molecule has 0 spiro atoms. The van der Waals surface area contributed by atoms with E-state index in [1.54, 1.807) is 6.26 Å². The summed E-state index contributed by atoms with van der Waals surface area (Å²) in [5.41, 5.74) is 3.55. The molecule has 0 saturated carbocycles. The smallest absolute Gasteiger partial charge is 0.139 e. The standard InChI is InChI=1S/C18H13O2/c1-2-6-17-13(4-1)7-10-18(20-17)15-8-9-16-14(12-15)5-3-11-19-16/h1,3-11,18H,12H2. The van der Waals surface area contributed by atoms with Crippen LogP contribution >= 0.6 is 0 Å². The highest BCUT2D eigenvalue weighted by Crippen LogP contribution is 2.34. The van der Waals surface area contributed by atoms with Crippen molar-refractivity contribution in [1.82, 2.24) is 0 Å². The van der Waals surface area contributed by atoms with Gasteiger partial charge < -0.3 is 9.47 Å². The van der Waals surface area contributed by atoms with Crippen molar-refractivity contribution in [3.63, 3.8) is 0 Å². The van der Waals surface area contributed by atoms with Crippen molar-refractivity contribution >= 4 is 6.08 Å². The number of fused-ring (bicyclic) bond motifs is 2. The van der Waals surface area contributed by atoms with E-state index in [-0.39, 0.29) is 6.10 Å². The molecule has 1 aromatic rings. The lowest BCUT2D eigenvalue weighted by Crippen LogP contribution is -2.21. The molecular weight excluding hydrogens is 248 g/mol. The highest BCUT2D eigenvalue weighted by molar-refractivity contribution is 5.61. The van der Waals surface area contributed by atoms with E-state index in [0.717, 1.165) is 23.5 Å². The van der Waals surface area contributed by atoms with E-state index in [9.17, 15) is 0 Å². The average Bonchev–Trinajstić information content (AvgIpc) is 2.54. The van der Waals surface area contributed by atoms with Crippen molar-refractivity contribution in [2.75, 3.05) is 0 Å². The van der Waals surface area contributed by atoms with Gasteiger partial charge in [0.2, 0.25) is 0 Å². The summed E-state index contributed by atoms with van der Waals surface area (Å²) in [5, 5.41) is 0. The predicted octanol–water partition coefficient (Wildman–Crippen LogP) is 3.95. The molecule has 97 valence electrons. The Bertz CT molecular complexity index is 702. The Labute approximate surface area is 118 Å². The van der Waals surface area contributed by atoms with E-state index in [4.69, 9.17) is 9.47 Å². The van der Waals surface area contributed by atoms with E-state index in [1.807, 2.05) is 30.4 Å². The zero-order chi connectivity index (χ0) is 13.4. The number of allylic oxidation sites excluding steroid dienone is 5. The molecule has 0 saturated heterocycles. The number of hydrogen-bond acceptors (Lipinski definition) is 2. The van der Waals surface area contributed by atoms with Gasteiger partial charge in [-0.15, -0.1) is 0 Å². The molecule has 2 nitrogen and oxygen atoms in total. The molecule has 4 rings (SSSR count). The van der Waals surface area contributed by atoms with Crippen molar-refractivity contribution < 1.29 is 9.47 Å². The summed E-state index contributed by atoms with van der Waals surface area (Å²) in [6.45, 7) is 0. The fourth-order valence-corrected chi connectivity index (χ4v) is 2.61. The monoisotopic (exact) mass is 261 g/mol. The van der Waals surface area contributed by atoms with Gasteiger partial charge in [-0.25, -0.2) is 0 Å². The molecule has 1 aromatic carbocycles. The summed E-state index contributed by atoms with van der Waals surface area (Å²) >= 11 is 0. The normalized spacial score (nSPS) is 22.6. The maximum Gasteiger partial charge on any atom is 0.139 e. The van der Waals surface area contributed by atoms with Crippen LogP contribution in [0.25, 0.3) is 6.08 Å². The molecule has 2 heterocycles. The molecule has 0 amide bonds. The summed E-state index contributed by atoms with van der Waals surface area (Å²) in [6.07, 6.45) is 14.9. The Morgan fingerprint density at radius 3 is 3.20 bits per heavy atom. The lowest BCUT2D eigenvalue weighted by molar-refractivity contribution is 0.275. The summed E-state index contributed by atoms with van der Waals surface area (Å²) in [6, 6.07) is 8.86. The van der Waals surface area contributed by atoms with E-state index >= 15 is 0 Å². The van der Waals surface area contributed by atoms with Crippen molar-refractivity contribution in [3.8, 4) is 5.75 Å². The van der Waals surface area contributed by atoms with Crippen molar-refractivity contribution in [3.05, 3.63) is 83.4 Å². The summed E-state index contributed by atoms with van der Waals surface area (Å²) in [7, 11) is 0. The van der Waals surface area contributed by atoms with Crippen molar-refractivity contribution in [2.45, 2.75) is 12.5 Å². The largest absolute Gasteiger partial charge is 0.481 e. The third-order valence-electron chi connectivity index (χ3n) is 3.66. The molecule has 0 N–H and O–H groups in total. The van der Waals surface area contributed by atoms with Crippen molar-refractivity contribution in [2.24, 2.45) is 0 Å². The number of hydrogen-bond donors (Lipinski definition) is 0. The summed E-state index contributed by atoms with van der Waals surface area (Å²) < 4.78 is 11.5. The second-order valence-electron chi connectivity index (χ2n) is 4.95. The first kappa shape index (κ1) is 11.4. The molecule has 20 heavy (non-hydrogen) atoms. The van der Waals surface area contributed by atoms with E-state index < -0.39 is 0 Å². The van der Waals surface area contributed by atoms with Gasteiger partial charge in [0.05, 0.1) is 6.26 Å². The Morgan fingerprint density at radius 2 is 2.20 bits per heavy atom. The molecule has 3 aliphatic rings. The van der Waals surface area contributed by atoms with Crippen LogP contribution < -0.4 is 4.74 Å². The first-order valence-corrected chi connectivity index (χ1v) is 6.68. The summed E-state index contributed by atoms with van der Waals surface area (Å²) in [5.74, 6) is 1.83. The molecule has 1 radical (unpaired) electrons. The van der Waals surface area contributed by atoms with Gasteiger partial charge in [-0.05, 0) is 41.5 Å². The molecule has 1 atom stereocenters. The van der Waals surface area contributed by atoms with Gasteiger partial charge in [0.25, 0.3) is 0 Å². The van der Waals surface area contributed by atoms with Crippen LogP contribution in [0.3, 0.4) is 0 Å². The van der Waals surface area contributed by atoms with E-state index in [2.05, 4.69) is 30.4 Å². The quantitative estimate of drug-likeness (QED) is 0.762. The zero-order valence-electron chi connectivity index (χ0n) is 10.9. The van der Waals surface area contributed by atoms with E-state index in [0.29, 0.717) is 0 Å². The lowest BCUT2D eigenvalue weighted by atomic mass is 9.92. The molecule has 2 heteroatoms. The average molecular weight is 261 g/mol. The molecule has 0 aromatic heterocycles. The van der Waals surface area contributed by atoms with Crippen LogP contribution in [0.1, 0.15) is 12.0 Å². The van der Waals surface area contributed by atoms with Crippen LogP contribution in [0.5, 0.6) is 5.75 Å². The van der Waals surface area contributed by atoms with Gasteiger partial charge >= 0.3 is 0 Å². The van der Waals surface area contributed by atoms with Gasteiger partial charge in [-0.2, -0.15) is 0 Å². The molecular formula is C18H13O2. The Kier molecular flexibility index (Phi) is 2.59. The highest BCUT2D eigenvalue weighted by atomic mass is 16.5. The number of benzene rings is 1. The maximum absolute atomic E-state index is 6.05. The first-order chi connectivity index (χ1) is 9.90. The Hall–Kier alpha value is -2.48. The van der Waals surface area contributed by atoms with Crippen LogP contribution in [0, 0.1) is 6.07 Å². The van der Waals surface area contributed by atoms with Gasteiger partial charge in [0.1, 0.15) is 17.6 Å². The van der Waals surface area contributed by atoms with Gasteiger partial charge in [-0.3, -0.25) is 0 Å². The number of rotatable bonds is 1. The number of ether oxygens (including phenoxy) is 2. The molecule has 1 aliphatic carbocycles. The molecule has 1 unspecified atom stereocenters. The fraction of sp³-hybridized carbons (Fsp3) is 0.111. The van der Waals surface area contributed by atoms with Crippen LogP contribution in [-0.4, -0.2) is 6.10 Å². The lowest BCUT2D eigenvalue weighted by Gasteiger charge is -2.27. The van der Waals surface area contributed by atoms with Gasteiger partial charge in [0, 0.05) is 12.0 Å². The Balaban J connectivity index is 1.62. The topological polar surface area (TPSA) is 18.5 Å². The zero-order valence-corrected chi connectivity index (χ0v) is 10.9. The summed E-state index contributed by atoms with van der Waals surface area (Å²) in [4.78, 5) is 0. The van der Waals surface area contributed by atoms with Gasteiger partial charge in [0.15, 0.2) is 0 Å². The first-order valence-electron chi connectivity index (χ1n) is 6.68. The Morgan fingerprint density at radius 1 is 1.20 bits per heavy atom. The predicted molar refractivity (Wildman–Crippen MR) is 77.8 cm³/mol. The molecule has 2 aliphatic heterocycles. The SMILES string of the molecule is [c]1ccc2c(c1)OC(C1=CC=C3OC=CC=C3C1)C=C2. The van der Waals surface area contributed by atoms with Crippen LogP contribution in [0.2, 0.25) is 0 Å². The molecule has 0 bridgehead atoms. The van der Waals surface area contributed by atoms with Gasteiger partial charge in [-0.1, -0.05) is 30.4 Å². The maximum atomic E-state index is 6.05. The third-order valence-corrected chi connectivity index (χ3v) is 3.66. The minimum absolute atomic E-state index is 0.0112. The third kappa shape index (κ3) is 1.90. The second kappa shape index (κ2) is 4.57. The fourth-order valence-electron chi connectivity index (χ4n) is 2.61. The second-order valence-corrected chi connectivity index (χ2v) is 4.95.